The van der Waals surface area contributed by atoms with Gasteiger partial charge in [-0.3, -0.25) is 0 Å². The van der Waals surface area contributed by atoms with Crippen LogP contribution in [0.15, 0.2) is 48.8 Å². The van der Waals surface area contributed by atoms with Gasteiger partial charge in [0, 0.05) is 12.6 Å². The van der Waals surface area contributed by atoms with E-state index >= 15 is 0 Å². The molecule has 1 aliphatic rings. The van der Waals surface area contributed by atoms with Crippen molar-refractivity contribution in [1.29, 1.82) is 0 Å². The van der Waals surface area contributed by atoms with Gasteiger partial charge in [-0.05, 0) is 28.8 Å². The summed E-state index contributed by atoms with van der Waals surface area (Å²) in [5, 5.41) is 7.73. The van der Waals surface area contributed by atoms with Gasteiger partial charge in [-0.1, -0.05) is 29.5 Å². The van der Waals surface area contributed by atoms with Crippen LogP contribution in [0, 0.1) is 0 Å². The van der Waals surface area contributed by atoms with Crippen molar-refractivity contribution in [3.05, 3.63) is 54.4 Å². The molecule has 1 aliphatic carbocycles. The number of fused-ring (bicyclic) bond motifs is 1. The van der Waals surface area contributed by atoms with Crippen LogP contribution in [-0.4, -0.2) is 20.7 Å². The Kier molecular flexibility index (Phi) is 2.22. The SMILES string of the molecule is FC1(F)C[C@@H]1c1ccc(-c2ccn3nncc3c2)cc1. The molecule has 0 aliphatic heterocycles. The molecule has 0 radical (unpaired) electrons. The Labute approximate surface area is 113 Å². The molecule has 2 aromatic heterocycles. The third-order valence-corrected chi connectivity index (χ3v) is 3.77. The van der Waals surface area contributed by atoms with E-state index in [1.54, 1.807) is 22.8 Å². The standard InChI is InChI=1S/C15H11F2N3/c16-15(17)8-14(15)11-3-1-10(2-4-11)12-5-6-20-13(7-12)9-18-19-20/h1-7,9,14H,8H2/t14-/m1/s1. The minimum Gasteiger partial charge on any atom is -0.221 e. The molecule has 0 unspecified atom stereocenters. The Hall–Kier alpha value is -2.30. The van der Waals surface area contributed by atoms with E-state index in [0.717, 1.165) is 16.6 Å². The fourth-order valence-electron chi connectivity index (χ4n) is 2.49. The number of nitrogens with zero attached hydrogens (tertiary/aromatic N) is 3. The summed E-state index contributed by atoms with van der Waals surface area (Å²) in [6, 6.07) is 11.3. The van der Waals surface area contributed by atoms with Gasteiger partial charge < -0.3 is 0 Å². The largest absolute Gasteiger partial charge is 0.255 e. The number of aromatic nitrogens is 3. The van der Waals surface area contributed by atoms with Crippen molar-refractivity contribution in [3.8, 4) is 11.1 Å². The summed E-state index contributed by atoms with van der Waals surface area (Å²) in [5.41, 5.74) is 3.64. The van der Waals surface area contributed by atoms with Crippen LogP contribution >= 0.6 is 0 Å². The quantitative estimate of drug-likeness (QED) is 0.714. The Morgan fingerprint density at radius 2 is 1.85 bits per heavy atom. The molecule has 100 valence electrons. The molecule has 2 heterocycles. The molecule has 3 nitrogen and oxygen atoms in total. The first-order chi connectivity index (χ1) is 9.63. The third kappa shape index (κ3) is 1.78. The van der Waals surface area contributed by atoms with Crippen LogP contribution in [0.4, 0.5) is 8.78 Å². The van der Waals surface area contributed by atoms with Crippen molar-refractivity contribution in [2.75, 3.05) is 0 Å². The van der Waals surface area contributed by atoms with Gasteiger partial charge >= 0.3 is 0 Å². The van der Waals surface area contributed by atoms with Crippen molar-refractivity contribution in [2.24, 2.45) is 0 Å². The second-order valence-corrected chi connectivity index (χ2v) is 5.16. The molecule has 3 aromatic rings. The summed E-state index contributed by atoms with van der Waals surface area (Å²) < 4.78 is 27.7. The van der Waals surface area contributed by atoms with Gasteiger partial charge in [0.25, 0.3) is 5.92 Å². The molecule has 1 atom stereocenters. The molecule has 5 heteroatoms. The highest BCUT2D eigenvalue weighted by atomic mass is 19.3. The predicted molar refractivity (Wildman–Crippen MR) is 70.7 cm³/mol. The number of hydrogen-bond donors (Lipinski definition) is 0. The highest BCUT2D eigenvalue weighted by Gasteiger charge is 2.57. The van der Waals surface area contributed by atoms with Crippen molar-refractivity contribution in [2.45, 2.75) is 18.3 Å². The van der Waals surface area contributed by atoms with E-state index in [4.69, 9.17) is 0 Å². The van der Waals surface area contributed by atoms with E-state index in [0.29, 0.717) is 5.56 Å². The number of hydrogen-bond acceptors (Lipinski definition) is 2. The van der Waals surface area contributed by atoms with Crippen LogP contribution < -0.4 is 0 Å². The number of pyridine rings is 1. The minimum absolute atomic E-state index is 0.0280. The van der Waals surface area contributed by atoms with E-state index in [9.17, 15) is 8.78 Å². The Balaban J connectivity index is 1.68. The van der Waals surface area contributed by atoms with Gasteiger partial charge in [0.2, 0.25) is 0 Å². The molecule has 1 saturated carbocycles. The molecule has 0 spiro atoms. The molecule has 0 amide bonds. The number of benzene rings is 1. The monoisotopic (exact) mass is 271 g/mol. The van der Waals surface area contributed by atoms with Gasteiger partial charge in [-0.2, -0.15) is 0 Å². The smallest absolute Gasteiger partial charge is 0.221 e. The average molecular weight is 271 g/mol. The summed E-state index contributed by atoms with van der Waals surface area (Å²) >= 11 is 0. The Bertz CT molecular complexity index is 777. The fraction of sp³-hybridized carbons (Fsp3) is 0.200. The van der Waals surface area contributed by atoms with Crippen LogP contribution in [0.3, 0.4) is 0 Å². The average Bonchev–Trinajstić information content (AvgIpc) is 2.88. The molecular formula is C15H11F2N3. The highest BCUT2D eigenvalue weighted by molar-refractivity contribution is 5.68. The first kappa shape index (κ1) is 11.5. The normalized spacial score (nSPS) is 20.2. The molecule has 0 N–H and O–H groups in total. The van der Waals surface area contributed by atoms with Crippen molar-refractivity contribution in [3.63, 3.8) is 0 Å². The zero-order valence-electron chi connectivity index (χ0n) is 10.5. The van der Waals surface area contributed by atoms with Crippen LogP contribution in [0.2, 0.25) is 0 Å². The van der Waals surface area contributed by atoms with Crippen LogP contribution in [0.25, 0.3) is 16.6 Å². The van der Waals surface area contributed by atoms with Gasteiger partial charge in [-0.15, -0.1) is 5.10 Å². The Morgan fingerprint density at radius 1 is 1.10 bits per heavy atom. The maximum Gasteiger partial charge on any atom is 0.255 e. The van der Waals surface area contributed by atoms with Crippen molar-refractivity contribution >= 4 is 5.52 Å². The topological polar surface area (TPSA) is 30.2 Å². The summed E-state index contributed by atoms with van der Waals surface area (Å²) in [4.78, 5) is 0. The lowest BCUT2D eigenvalue weighted by molar-refractivity contribution is 0.112. The first-order valence-corrected chi connectivity index (χ1v) is 6.42. The van der Waals surface area contributed by atoms with Gasteiger partial charge in [0.05, 0.1) is 17.6 Å². The molecule has 20 heavy (non-hydrogen) atoms. The molecule has 1 aromatic carbocycles. The number of alkyl halides is 2. The molecule has 1 fully saturated rings. The van der Waals surface area contributed by atoms with E-state index in [-0.39, 0.29) is 6.42 Å². The first-order valence-electron chi connectivity index (χ1n) is 6.42. The summed E-state index contributed by atoms with van der Waals surface area (Å²) in [6.07, 6.45) is 3.49. The van der Waals surface area contributed by atoms with E-state index in [1.807, 2.05) is 30.5 Å². The number of halogens is 2. The van der Waals surface area contributed by atoms with Crippen molar-refractivity contribution in [1.82, 2.24) is 14.8 Å². The summed E-state index contributed by atoms with van der Waals surface area (Å²) in [7, 11) is 0. The maximum absolute atomic E-state index is 13.0. The Morgan fingerprint density at radius 3 is 2.55 bits per heavy atom. The zero-order valence-corrected chi connectivity index (χ0v) is 10.5. The van der Waals surface area contributed by atoms with Crippen LogP contribution in [0.1, 0.15) is 17.9 Å². The molecular weight excluding hydrogens is 260 g/mol. The van der Waals surface area contributed by atoms with Crippen LogP contribution in [0.5, 0.6) is 0 Å². The summed E-state index contributed by atoms with van der Waals surface area (Å²) in [5.74, 6) is -3.11. The lowest BCUT2D eigenvalue weighted by Gasteiger charge is -2.04. The van der Waals surface area contributed by atoms with Gasteiger partial charge in [0.15, 0.2) is 0 Å². The lowest BCUT2D eigenvalue weighted by Crippen LogP contribution is -1.92. The molecule has 0 bridgehead atoms. The van der Waals surface area contributed by atoms with E-state index in [1.165, 1.54) is 0 Å². The second kappa shape index (κ2) is 3.85. The highest BCUT2D eigenvalue weighted by Crippen LogP contribution is 2.55. The predicted octanol–water partition coefficient (Wildman–Crippen LogP) is 3.52. The van der Waals surface area contributed by atoms with Gasteiger partial charge in [-0.25, -0.2) is 13.3 Å². The molecule has 4 rings (SSSR count). The fourth-order valence-corrected chi connectivity index (χ4v) is 2.49. The van der Waals surface area contributed by atoms with Crippen molar-refractivity contribution < 1.29 is 8.78 Å². The molecule has 0 saturated heterocycles. The third-order valence-electron chi connectivity index (χ3n) is 3.77. The lowest BCUT2D eigenvalue weighted by atomic mass is 10.0. The van der Waals surface area contributed by atoms with E-state index < -0.39 is 11.8 Å². The maximum atomic E-state index is 13.0. The minimum atomic E-state index is -2.51. The van der Waals surface area contributed by atoms with Gasteiger partial charge in [0.1, 0.15) is 0 Å². The zero-order chi connectivity index (χ0) is 13.7. The number of rotatable bonds is 2. The van der Waals surface area contributed by atoms with E-state index in [2.05, 4.69) is 10.3 Å². The summed E-state index contributed by atoms with van der Waals surface area (Å²) in [6.45, 7) is 0. The van der Waals surface area contributed by atoms with Crippen LogP contribution in [-0.2, 0) is 0 Å². The second-order valence-electron chi connectivity index (χ2n) is 5.16.